The zero-order valence-electron chi connectivity index (χ0n) is 11.5. The number of aromatic nitrogens is 2. The second-order valence-corrected chi connectivity index (χ2v) is 4.80. The van der Waals surface area contributed by atoms with Crippen LogP contribution in [-0.4, -0.2) is 20.9 Å². The van der Waals surface area contributed by atoms with Crippen LogP contribution in [0.15, 0.2) is 36.7 Å². The van der Waals surface area contributed by atoms with Crippen molar-refractivity contribution in [2.75, 3.05) is 0 Å². The molecular weight excluding hydrogens is 292 g/mol. The summed E-state index contributed by atoms with van der Waals surface area (Å²) in [6.07, 6.45) is 6.93. The quantitative estimate of drug-likeness (QED) is 0.824. The molecule has 1 aromatic heterocycles. The summed E-state index contributed by atoms with van der Waals surface area (Å²) in [5.41, 5.74) is 0.619. The highest BCUT2D eigenvalue weighted by atomic mass is 35.5. The number of nitrogens with zero attached hydrogens (tertiary/aromatic N) is 2. The van der Waals surface area contributed by atoms with E-state index in [2.05, 4.69) is 12.0 Å². The molecule has 5 nitrogen and oxygen atoms in total. The van der Waals surface area contributed by atoms with Crippen LogP contribution in [0.2, 0.25) is 5.02 Å². The predicted molar refractivity (Wildman–Crippen MR) is 80.7 cm³/mol. The molecule has 1 N–H and O–H groups in total. The Morgan fingerprint density at radius 2 is 2.29 bits per heavy atom. The largest absolute Gasteiger partial charge is 0.478 e. The minimum absolute atomic E-state index is 0.422. The van der Waals surface area contributed by atoms with Crippen LogP contribution in [-0.2, 0) is 11.3 Å². The smallest absolute Gasteiger partial charge is 0.328 e. The number of hydrogen-bond acceptors (Lipinski definition) is 3. The molecule has 0 saturated heterocycles. The molecule has 0 bridgehead atoms. The number of rotatable bonds is 6. The zero-order valence-corrected chi connectivity index (χ0v) is 12.2. The van der Waals surface area contributed by atoms with E-state index in [-0.39, 0.29) is 0 Å². The van der Waals surface area contributed by atoms with Crippen molar-refractivity contribution in [3.63, 3.8) is 0 Å². The van der Waals surface area contributed by atoms with Crippen molar-refractivity contribution in [2.24, 2.45) is 0 Å². The fourth-order valence-corrected chi connectivity index (χ4v) is 1.99. The van der Waals surface area contributed by atoms with E-state index < -0.39 is 5.97 Å². The van der Waals surface area contributed by atoms with Gasteiger partial charge in [0.15, 0.2) is 5.75 Å². The van der Waals surface area contributed by atoms with Gasteiger partial charge in [-0.1, -0.05) is 18.5 Å². The summed E-state index contributed by atoms with van der Waals surface area (Å²) in [6, 6.07) is 5.07. The number of carbonyl (C=O) groups is 1. The highest BCUT2D eigenvalue weighted by Gasteiger charge is 2.04. The number of benzene rings is 1. The van der Waals surface area contributed by atoms with Crippen LogP contribution < -0.4 is 4.74 Å². The SMILES string of the molecule is CCCn1cc(Oc2ccc(/C=C/C(=O)O)c(Cl)c2)cn1. The third-order valence-electron chi connectivity index (χ3n) is 2.68. The summed E-state index contributed by atoms with van der Waals surface area (Å²) in [5.74, 6) is 0.187. The second-order valence-electron chi connectivity index (χ2n) is 4.40. The number of carboxylic acid groups (broad SMARTS) is 1. The standard InChI is InChI=1S/C15H15ClN2O3/c1-2-7-18-10-13(9-17-18)21-12-5-3-11(14(16)8-12)4-6-15(19)20/h3-6,8-10H,2,7H2,1H3,(H,19,20)/b6-4+. The monoisotopic (exact) mass is 306 g/mol. The van der Waals surface area contributed by atoms with Crippen molar-refractivity contribution < 1.29 is 14.6 Å². The summed E-state index contributed by atoms with van der Waals surface area (Å²) in [5, 5.41) is 13.2. The maximum atomic E-state index is 10.5. The molecule has 0 aliphatic carbocycles. The van der Waals surface area contributed by atoms with Gasteiger partial charge in [-0.2, -0.15) is 5.10 Å². The van der Waals surface area contributed by atoms with Crippen LogP contribution in [0.25, 0.3) is 6.08 Å². The number of aryl methyl sites for hydroxylation is 1. The van der Waals surface area contributed by atoms with E-state index in [9.17, 15) is 4.79 Å². The van der Waals surface area contributed by atoms with Gasteiger partial charge in [0.05, 0.1) is 17.4 Å². The Morgan fingerprint density at radius 3 is 2.95 bits per heavy atom. The van der Waals surface area contributed by atoms with Gasteiger partial charge in [0.2, 0.25) is 0 Å². The van der Waals surface area contributed by atoms with Gasteiger partial charge in [0, 0.05) is 18.7 Å². The fourth-order valence-electron chi connectivity index (χ4n) is 1.75. The summed E-state index contributed by atoms with van der Waals surface area (Å²) >= 11 is 6.09. The molecule has 0 atom stereocenters. The van der Waals surface area contributed by atoms with Gasteiger partial charge in [0.1, 0.15) is 5.75 Å². The fraction of sp³-hybridized carbons (Fsp3) is 0.200. The first kappa shape index (κ1) is 15.1. The topological polar surface area (TPSA) is 64.3 Å². The number of halogens is 1. The van der Waals surface area contributed by atoms with Crippen LogP contribution >= 0.6 is 11.6 Å². The number of carboxylic acids is 1. The average molecular weight is 307 g/mol. The molecule has 110 valence electrons. The van der Waals surface area contributed by atoms with Crippen molar-refractivity contribution in [3.05, 3.63) is 47.3 Å². The Bertz CT molecular complexity index is 665. The molecule has 21 heavy (non-hydrogen) atoms. The molecule has 1 aromatic carbocycles. The first-order valence-electron chi connectivity index (χ1n) is 6.49. The summed E-state index contributed by atoms with van der Waals surface area (Å²) in [4.78, 5) is 10.5. The maximum absolute atomic E-state index is 10.5. The number of ether oxygens (including phenoxy) is 1. The second kappa shape index (κ2) is 6.95. The predicted octanol–water partition coefficient (Wildman–Crippen LogP) is 3.84. The first-order valence-corrected chi connectivity index (χ1v) is 6.87. The normalized spacial score (nSPS) is 11.0. The molecule has 0 unspecified atom stereocenters. The van der Waals surface area contributed by atoms with Gasteiger partial charge in [0.25, 0.3) is 0 Å². The molecule has 0 radical (unpaired) electrons. The Morgan fingerprint density at radius 1 is 1.48 bits per heavy atom. The van der Waals surface area contributed by atoms with Crippen LogP contribution in [0.4, 0.5) is 0 Å². The van der Waals surface area contributed by atoms with Crippen molar-refractivity contribution in [1.82, 2.24) is 9.78 Å². The Labute approximate surface area is 127 Å². The summed E-state index contributed by atoms with van der Waals surface area (Å²) in [6.45, 7) is 2.91. The van der Waals surface area contributed by atoms with E-state index in [0.29, 0.717) is 22.1 Å². The van der Waals surface area contributed by atoms with Crippen molar-refractivity contribution >= 4 is 23.6 Å². The van der Waals surface area contributed by atoms with E-state index in [1.165, 1.54) is 6.08 Å². The Balaban J connectivity index is 2.10. The van der Waals surface area contributed by atoms with Crippen LogP contribution in [0, 0.1) is 0 Å². The average Bonchev–Trinajstić information content (AvgIpc) is 2.85. The molecule has 2 aromatic rings. The molecule has 2 rings (SSSR count). The molecule has 0 spiro atoms. The highest BCUT2D eigenvalue weighted by molar-refractivity contribution is 6.32. The maximum Gasteiger partial charge on any atom is 0.328 e. The van der Waals surface area contributed by atoms with Gasteiger partial charge in [-0.25, -0.2) is 4.79 Å². The molecule has 0 aliphatic rings. The van der Waals surface area contributed by atoms with Crippen LogP contribution in [0.1, 0.15) is 18.9 Å². The van der Waals surface area contributed by atoms with Crippen LogP contribution in [0.5, 0.6) is 11.5 Å². The van der Waals surface area contributed by atoms with E-state index in [1.807, 2.05) is 6.20 Å². The lowest BCUT2D eigenvalue weighted by Gasteiger charge is -2.05. The van der Waals surface area contributed by atoms with Gasteiger partial charge < -0.3 is 9.84 Å². The summed E-state index contributed by atoms with van der Waals surface area (Å²) < 4.78 is 7.47. The van der Waals surface area contributed by atoms with E-state index in [1.54, 1.807) is 29.1 Å². The minimum atomic E-state index is -1.02. The van der Waals surface area contributed by atoms with E-state index in [4.69, 9.17) is 21.4 Å². The Hall–Kier alpha value is -2.27. The highest BCUT2D eigenvalue weighted by Crippen LogP contribution is 2.27. The van der Waals surface area contributed by atoms with Gasteiger partial charge in [-0.3, -0.25) is 4.68 Å². The number of aliphatic carboxylic acids is 1. The van der Waals surface area contributed by atoms with Crippen molar-refractivity contribution in [3.8, 4) is 11.5 Å². The zero-order chi connectivity index (χ0) is 15.2. The molecule has 0 fully saturated rings. The molecule has 1 heterocycles. The third kappa shape index (κ3) is 4.36. The molecular formula is C15H15ClN2O3. The lowest BCUT2D eigenvalue weighted by atomic mass is 10.2. The van der Waals surface area contributed by atoms with Gasteiger partial charge in [-0.15, -0.1) is 0 Å². The lowest BCUT2D eigenvalue weighted by molar-refractivity contribution is -0.131. The Kier molecular flexibility index (Phi) is 5.00. The number of hydrogen-bond donors (Lipinski definition) is 1. The van der Waals surface area contributed by atoms with E-state index in [0.717, 1.165) is 19.0 Å². The summed E-state index contributed by atoms with van der Waals surface area (Å²) in [7, 11) is 0. The van der Waals surface area contributed by atoms with E-state index >= 15 is 0 Å². The van der Waals surface area contributed by atoms with Crippen molar-refractivity contribution in [1.29, 1.82) is 0 Å². The minimum Gasteiger partial charge on any atom is -0.478 e. The molecule has 0 aliphatic heterocycles. The van der Waals surface area contributed by atoms with Crippen LogP contribution in [0.3, 0.4) is 0 Å². The molecule has 0 saturated carbocycles. The lowest BCUT2D eigenvalue weighted by Crippen LogP contribution is -1.95. The van der Waals surface area contributed by atoms with Gasteiger partial charge in [-0.05, 0) is 30.2 Å². The third-order valence-corrected chi connectivity index (χ3v) is 3.00. The molecule has 6 heteroatoms. The first-order chi connectivity index (χ1) is 10.1. The molecule has 0 amide bonds. The van der Waals surface area contributed by atoms with Crippen molar-refractivity contribution in [2.45, 2.75) is 19.9 Å². The van der Waals surface area contributed by atoms with Gasteiger partial charge >= 0.3 is 5.97 Å².